The molecule has 4 heterocycles. The van der Waals surface area contributed by atoms with E-state index in [0.717, 1.165) is 69.1 Å². The smallest absolute Gasteiger partial charge is 0.254 e. The maximum absolute atomic E-state index is 12.8. The largest absolute Gasteiger partial charge is 0.370 e. The fourth-order valence-corrected chi connectivity index (χ4v) is 5.27. The maximum Gasteiger partial charge on any atom is 0.254 e. The summed E-state index contributed by atoms with van der Waals surface area (Å²) in [5, 5.41) is 11.7. The highest BCUT2D eigenvalue weighted by molar-refractivity contribution is 5.84. The van der Waals surface area contributed by atoms with E-state index in [2.05, 4.69) is 38.4 Å². The second-order valence-electron chi connectivity index (χ2n) is 11.3. The predicted octanol–water partition coefficient (Wildman–Crippen LogP) is 3.70. The molecule has 10 nitrogen and oxygen atoms in total. The fourth-order valence-electron chi connectivity index (χ4n) is 5.27. The van der Waals surface area contributed by atoms with Gasteiger partial charge in [-0.3, -0.25) is 9.48 Å². The van der Waals surface area contributed by atoms with Crippen molar-refractivity contribution in [2.45, 2.75) is 76.9 Å². The average Bonchev–Trinajstić information content (AvgIpc) is 3.67. The number of carbonyl (C=O) groups excluding carboxylic acids is 1. The van der Waals surface area contributed by atoms with Crippen LogP contribution < -0.4 is 10.6 Å². The average molecular weight is 511 g/mol. The SMILES string of the molecule is Cc1nn(C2CCN(C)CC2)cc1Nc1ncc(C2CC2)c(NCCCN2CCCOC(C)(C)C2=O)n1. The molecule has 0 aromatic carbocycles. The molecule has 202 valence electrons. The van der Waals surface area contributed by atoms with Gasteiger partial charge >= 0.3 is 0 Å². The molecule has 0 atom stereocenters. The summed E-state index contributed by atoms with van der Waals surface area (Å²) in [4.78, 5) is 26.6. The first kappa shape index (κ1) is 25.9. The molecule has 10 heteroatoms. The Morgan fingerprint density at radius 3 is 2.70 bits per heavy atom. The summed E-state index contributed by atoms with van der Waals surface area (Å²) in [5.41, 5.74) is 2.35. The van der Waals surface area contributed by atoms with Crippen LogP contribution in [0.4, 0.5) is 17.5 Å². The molecule has 2 saturated heterocycles. The van der Waals surface area contributed by atoms with Gasteiger partial charge in [-0.2, -0.15) is 10.1 Å². The summed E-state index contributed by atoms with van der Waals surface area (Å²) in [5.74, 6) is 2.09. The van der Waals surface area contributed by atoms with Gasteiger partial charge in [0, 0.05) is 44.2 Å². The van der Waals surface area contributed by atoms with Gasteiger partial charge in [0.25, 0.3) is 5.91 Å². The Morgan fingerprint density at radius 1 is 1.16 bits per heavy atom. The molecule has 1 aliphatic carbocycles. The normalized spacial score (nSPS) is 21.2. The number of nitrogens with zero attached hydrogens (tertiary/aromatic N) is 6. The molecule has 2 aliphatic heterocycles. The minimum absolute atomic E-state index is 0.0772. The van der Waals surface area contributed by atoms with E-state index < -0.39 is 5.60 Å². The molecule has 0 unspecified atom stereocenters. The van der Waals surface area contributed by atoms with E-state index in [4.69, 9.17) is 14.8 Å². The van der Waals surface area contributed by atoms with Crippen molar-refractivity contribution in [3.8, 4) is 0 Å². The minimum Gasteiger partial charge on any atom is -0.370 e. The molecule has 0 bridgehead atoms. The summed E-state index contributed by atoms with van der Waals surface area (Å²) >= 11 is 0. The van der Waals surface area contributed by atoms with E-state index in [1.165, 1.54) is 18.4 Å². The number of carbonyl (C=O) groups is 1. The van der Waals surface area contributed by atoms with Crippen molar-refractivity contribution in [3.05, 3.63) is 23.7 Å². The van der Waals surface area contributed by atoms with Crippen LogP contribution in [0.5, 0.6) is 0 Å². The summed E-state index contributed by atoms with van der Waals surface area (Å²) in [7, 11) is 2.18. The lowest BCUT2D eigenvalue weighted by Crippen LogP contribution is -2.45. The number of likely N-dealkylation sites (tertiary alicyclic amines) is 1. The number of ether oxygens (including phenoxy) is 1. The Kier molecular flexibility index (Phi) is 7.67. The van der Waals surface area contributed by atoms with Crippen molar-refractivity contribution in [1.29, 1.82) is 0 Å². The summed E-state index contributed by atoms with van der Waals surface area (Å²) in [6, 6.07) is 0.439. The highest BCUT2D eigenvalue weighted by Gasteiger charge is 2.34. The van der Waals surface area contributed by atoms with Gasteiger partial charge in [0.15, 0.2) is 0 Å². The lowest BCUT2D eigenvalue weighted by Gasteiger charge is -2.28. The lowest BCUT2D eigenvalue weighted by atomic mass is 10.1. The predicted molar refractivity (Wildman–Crippen MR) is 144 cm³/mol. The summed E-state index contributed by atoms with van der Waals surface area (Å²) in [6.45, 7) is 10.8. The maximum atomic E-state index is 12.8. The molecule has 1 amide bonds. The van der Waals surface area contributed by atoms with Crippen molar-refractivity contribution in [2.75, 3.05) is 57.0 Å². The van der Waals surface area contributed by atoms with Crippen LogP contribution in [0.2, 0.25) is 0 Å². The van der Waals surface area contributed by atoms with Crippen molar-refractivity contribution in [2.24, 2.45) is 0 Å². The van der Waals surface area contributed by atoms with Crippen LogP contribution in [0, 0.1) is 6.92 Å². The third kappa shape index (κ3) is 6.23. The second kappa shape index (κ2) is 10.9. The van der Waals surface area contributed by atoms with Gasteiger partial charge in [0.2, 0.25) is 5.95 Å². The fraction of sp³-hybridized carbons (Fsp3) is 0.704. The molecular weight excluding hydrogens is 468 g/mol. The van der Waals surface area contributed by atoms with Gasteiger partial charge in [-0.25, -0.2) is 4.98 Å². The van der Waals surface area contributed by atoms with E-state index in [-0.39, 0.29) is 5.91 Å². The van der Waals surface area contributed by atoms with Crippen LogP contribution in [-0.4, -0.2) is 87.4 Å². The lowest BCUT2D eigenvalue weighted by molar-refractivity contribution is -0.149. The van der Waals surface area contributed by atoms with Gasteiger partial charge in [0.1, 0.15) is 11.4 Å². The number of aryl methyl sites for hydroxylation is 1. The number of hydrogen-bond donors (Lipinski definition) is 2. The molecule has 2 N–H and O–H groups in total. The van der Waals surface area contributed by atoms with E-state index in [1.54, 1.807) is 0 Å². The van der Waals surface area contributed by atoms with Gasteiger partial charge in [0.05, 0.1) is 17.4 Å². The zero-order valence-electron chi connectivity index (χ0n) is 22.8. The molecule has 2 aromatic heterocycles. The van der Waals surface area contributed by atoms with E-state index in [0.29, 0.717) is 31.1 Å². The third-order valence-corrected chi connectivity index (χ3v) is 7.79. The van der Waals surface area contributed by atoms with Gasteiger partial charge in [-0.1, -0.05) is 0 Å². The standard InChI is InChI=1S/C27H42N8O2/c1-19-23(18-35(32-19)21-9-14-33(4)15-10-21)30-26-29-17-22(20-7-8-20)24(31-26)28-11-5-12-34-13-6-16-37-27(2,3)25(34)36/h17-18,20-21H,5-16H2,1-4H3,(H2,28,29,30,31). The van der Waals surface area contributed by atoms with Crippen molar-refractivity contribution < 1.29 is 9.53 Å². The number of nitrogens with one attached hydrogen (secondary N) is 2. The van der Waals surface area contributed by atoms with Crippen molar-refractivity contribution in [3.63, 3.8) is 0 Å². The molecule has 1 saturated carbocycles. The van der Waals surface area contributed by atoms with E-state index >= 15 is 0 Å². The molecule has 3 aliphatic rings. The number of piperidine rings is 1. The van der Waals surface area contributed by atoms with Crippen molar-refractivity contribution in [1.82, 2.24) is 29.5 Å². The van der Waals surface area contributed by atoms with Crippen LogP contribution in [-0.2, 0) is 9.53 Å². The van der Waals surface area contributed by atoms with Gasteiger partial charge in [-0.05, 0) is 85.4 Å². The van der Waals surface area contributed by atoms with E-state index in [9.17, 15) is 4.79 Å². The Balaban J connectivity index is 1.21. The number of rotatable bonds is 9. The molecule has 2 aromatic rings. The zero-order valence-corrected chi connectivity index (χ0v) is 22.8. The van der Waals surface area contributed by atoms with Crippen molar-refractivity contribution >= 4 is 23.4 Å². The van der Waals surface area contributed by atoms with Crippen LogP contribution in [0.3, 0.4) is 0 Å². The summed E-state index contributed by atoms with van der Waals surface area (Å²) < 4.78 is 7.84. The minimum atomic E-state index is -0.741. The summed E-state index contributed by atoms with van der Waals surface area (Å²) in [6.07, 6.45) is 10.4. The first-order valence-electron chi connectivity index (χ1n) is 13.9. The highest BCUT2D eigenvalue weighted by atomic mass is 16.5. The highest BCUT2D eigenvalue weighted by Crippen LogP contribution is 2.43. The number of hydrogen-bond acceptors (Lipinski definition) is 8. The van der Waals surface area contributed by atoms with Crippen LogP contribution in [0.1, 0.15) is 75.6 Å². The van der Waals surface area contributed by atoms with Crippen LogP contribution >= 0.6 is 0 Å². The Bertz CT molecular complexity index is 1090. The number of anilines is 3. The Morgan fingerprint density at radius 2 is 1.95 bits per heavy atom. The second-order valence-corrected chi connectivity index (χ2v) is 11.3. The van der Waals surface area contributed by atoms with Crippen LogP contribution in [0.25, 0.3) is 0 Å². The molecule has 0 radical (unpaired) electrons. The topological polar surface area (TPSA) is 100 Å². The number of aromatic nitrogens is 4. The zero-order chi connectivity index (χ0) is 26.0. The van der Waals surface area contributed by atoms with Gasteiger partial charge in [-0.15, -0.1) is 0 Å². The Hall–Kier alpha value is -2.72. The van der Waals surface area contributed by atoms with Crippen LogP contribution in [0.15, 0.2) is 12.4 Å². The monoisotopic (exact) mass is 510 g/mol. The number of amides is 1. The van der Waals surface area contributed by atoms with Gasteiger partial charge < -0.3 is 25.2 Å². The molecule has 37 heavy (non-hydrogen) atoms. The van der Waals surface area contributed by atoms with E-state index in [1.807, 2.05) is 31.9 Å². The third-order valence-electron chi connectivity index (χ3n) is 7.79. The first-order valence-corrected chi connectivity index (χ1v) is 13.9. The molecule has 3 fully saturated rings. The molecule has 5 rings (SSSR count). The molecular formula is C27H42N8O2. The quantitative estimate of drug-likeness (QED) is 0.493. The Labute approximate surface area is 220 Å². The molecule has 0 spiro atoms. The first-order chi connectivity index (χ1) is 17.8.